The summed E-state index contributed by atoms with van der Waals surface area (Å²) in [6.45, 7) is 0. The average molecular weight is 586 g/mol. The number of benzene rings is 3. The maximum Gasteiger partial charge on any atom is 0.416 e. The molecule has 212 valence electrons. The topological polar surface area (TPSA) is 83.3 Å². The highest BCUT2D eigenvalue weighted by Gasteiger charge is 2.33. The van der Waals surface area contributed by atoms with Gasteiger partial charge in [0, 0.05) is 23.2 Å². The van der Waals surface area contributed by atoms with E-state index < -0.39 is 17.6 Å². The lowest BCUT2D eigenvalue weighted by Crippen LogP contribution is -2.05. The van der Waals surface area contributed by atoms with Crippen LogP contribution in [-0.4, -0.2) is 41.1 Å². The Kier molecular flexibility index (Phi) is 6.68. The fourth-order valence-corrected chi connectivity index (χ4v) is 5.41. The zero-order chi connectivity index (χ0) is 28.9. The van der Waals surface area contributed by atoms with Gasteiger partial charge in [-0.1, -0.05) is 23.5 Å². The molecule has 1 saturated carbocycles. The highest BCUT2D eigenvalue weighted by Crippen LogP contribution is 2.44. The van der Waals surface area contributed by atoms with Gasteiger partial charge >= 0.3 is 6.18 Å². The molecule has 5 aromatic rings. The van der Waals surface area contributed by atoms with E-state index in [0.29, 0.717) is 55.4 Å². The van der Waals surface area contributed by atoms with Gasteiger partial charge in [0.05, 0.1) is 43.6 Å². The lowest BCUT2D eigenvalue weighted by molar-refractivity contribution is -0.137. The Balaban J connectivity index is 1.35. The molecule has 1 fully saturated rings. The summed E-state index contributed by atoms with van der Waals surface area (Å²) in [6.07, 6.45) is -2.81. The minimum absolute atomic E-state index is 0.0481. The number of methoxy groups -OCH3 is 3. The van der Waals surface area contributed by atoms with E-state index in [-0.39, 0.29) is 11.7 Å². The number of halogens is 4. The van der Waals surface area contributed by atoms with Gasteiger partial charge in [-0.15, -0.1) is 10.2 Å². The van der Waals surface area contributed by atoms with Crippen molar-refractivity contribution < 1.29 is 31.8 Å². The largest absolute Gasteiger partial charge is 0.493 e. The molecular formula is C28H23F4N5O3S. The van der Waals surface area contributed by atoms with Gasteiger partial charge in [-0.3, -0.25) is 0 Å². The van der Waals surface area contributed by atoms with E-state index in [2.05, 4.69) is 20.5 Å². The SMILES string of the molecule is COc1cc(-c2nnc(Nc3cc4nc(-c5cccc(C(F)(F)F)c5)n(C5CC5)c4cc3F)s2)cc(OC)c1OC. The standard InChI is InChI=1S/C28H23F4N5O3S/c1-38-22-10-15(11-23(39-2)24(22)40-3)26-35-36-27(41-26)34-19-13-20-21(12-18(19)29)37(17-7-8-17)25(33-20)14-5-4-6-16(9-14)28(30,31)32/h4-6,9-13,17H,7-8H2,1-3H3,(H,34,36). The number of nitrogens with zero attached hydrogens (tertiary/aromatic N) is 4. The Hall–Kier alpha value is -4.39. The molecule has 1 aliphatic rings. The fourth-order valence-electron chi connectivity index (χ4n) is 4.66. The van der Waals surface area contributed by atoms with E-state index >= 15 is 4.39 Å². The predicted octanol–water partition coefficient (Wildman–Crippen LogP) is 7.48. The molecule has 1 N–H and O–H groups in total. The van der Waals surface area contributed by atoms with Gasteiger partial charge in [0.15, 0.2) is 11.5 Å². The summed E-state index contributed by atoms with van der Waals surface area (Å²) in [6, 6.07) is 11.4. The fraction of sp³-hybridized carbons (Fsp3) is 0.250. The van der Waals surface area contributed by atoms with Crippen molar-refractivity contribution in [2.24, 2.45) is 0 Å². The van der Waals surface area contributed by atoms with E-state index in [9.17, 15) is 13.2 Å². The van der Waals surface area contributed by atoms with Crippen molar-refractivity contribution in [3.63, 3.8) is 0 Å². The maximum absolute atomic E-state index is 15.4. The monoisotopic (exact) mass is 585 g/mol. The van der Waals surface area contributed by atoms with Crippen molar-refractivity contribution >= 4 is 33.2 Å². The van der Waals surface area contributed by atoms with Gasteiger partial charge in [-0.05, 0) is 43.2 Å². The molecule has 2 heterocycles. The van der Waals surface area contributed by atoms with Crippen molar-refractivity contribution in [2.45, 2.75) is 25.1 Å². The van der Waals surface area contributed by atoms with Gasteiger partial charge in [-0.2, -0.15) is 13.2 Å². The molecule has 0 saturated heterocycles. The Morgan fingerprint density at radius 2 is 1.66 bits per heavy atom. The summed E-state index contributed by atoms with van der Waals surface area (Å²) in [4.78, 5) is 4.63. The molecule has 6 rings (SSSR count). The Morgan fingerprint density at radius 3 is 2.29 bits per heavy atom. The second-order valence-electron chi connectivity index (χ2n) is 9.39. The highest BCUT2D eigenvalue weighted by atomic mass is 32.1. The minimum Gasteiger partial charge on any atom is -0.493 e. The van der Waals surface area contributed by atoms with Gasteiger partial charge in [0.25, 0.3) is 0 Å². The van der Waals surface area contributed by atoms with Crippen LogP contribution in [0.15, 0.2) is 48.5 Å². The molecule has 13 heteroatoms. The van der Waals surface area contributed by atoms with Crippen molar-refractivity contribution in [2.75, 3.05) is 26.6 Å². The molecule has 0 unspecified atom stereocenters. The Labute approximate surface area is 235 Å². The summed E-state index contributed by atoms with van der Waals surface area (Å²) in [5, 5.41) is 12.2. The molecule has 41 heavy (non-hydrogen) atoms. The third kappa shape index (κ3) is 5.01. The molecule has 2 aromatic heterocycles. The van der Waals surface area contributed by atoms with Crippen LogP contribution in [0.4, 0.5) is 28.4 Å². The van der Waals surface area contributed by atoms with Crippen molar-refractivity contribution in [3.8, 4) is 39.2 Å². The average Bonchev–Trinajstić information content (AvgIpc) is 3.58. The van der Waals surface area contributed by atoms with Crippen LogP contribution >= 0.6 is 11.3 Å². The molecule has 0 radical (unpaired) electrons. The van der Waals surface area contributed by atoms with Crippen LogP contribution in [0.25, 0.3) is 33.0 Å². The van der Waals surface area contributed by atoms with Crippen molar-refractivity contribution in [1.29, 1.82) is 0 Å². The van der Waals surface area contributed by atoms with E-state index in [0.717, 1.165) is 25.0 Å². The molecule has 0 bridgehead atoms. The summed E-state index contributed by atoms with van der Waals surface area (Å²) in [7, 11) is 4.53. The Bertz CT molecular complexity index is 1740. The molecule has 8 nitrogen and oxygen atoms in total. The first-order valence-electron chi connectivity index (χ1n) is 12.5. The number of hydrogen-bond donors (Lipinski definition) is 1. The number of anilines is 2. The Morgan fingerprint density at radius 1 is 0.927 bits per heavy atom. The zero-order valence-corrected chi connectivity index (χ0v) is 22.9. The summed E-state index contributed by atoms with van der Waals surface area (Å²) >= 11 is 1.19. The number of rotatable bonds is 8. The first-order chi connectivity index (χ1) is 19.7. The smallest absolute Gasteiger partial charge is 0.416 e. The number of imidazole rings is 1. The molecule has 3 aromatic carbocycles. The molecule has 0 atom stereocenters. The van der Waals surface area contributed by atoms with Crippen LogP contribution in [-0.2, 0) is 6.18 Å². The maximum atomic E-state index is 15.4. The molecule has 1 aliphatic carbocycles. The summed E-state index contributed by atoms with van der Waals surface area (Å²) in [5.41, 5.74) is 1.28. The lowest BCUT2D eigenvalue weighted by Gasteiger charge is -2.13. The first-order valence-corrected chi connectivity index (χ1v) is 13.3. The number of nitrogens with one attached hydrogen (secondary N) is 1. The second-order valence-corrected chi connectivity index (χ2v) is 10.4. The summed E-state index contributed by atoms with van der Waals surface area (Å²) < 4.78 is 73.5. The number of aromatic nitrogens is 4. The van der Waals surface area contributed by atoms with Crippen molar-refractivity contribution in [1.82, 2.24) is 19.7 Å². The van der Waals surface area contributed by atoms with E-state index in [1.54, 1.807) is 18.2 Å². The van der Waals surface area contributed by atoms with Crippen LogP contribution in [0.3, 0.4) is 0 Å². The number of fused-ring (bicyclic) bond motifs is 1. The number of alkyl halides is 3. The van der Waals surface area contributed by atoms with Crippen LogP contribution in [0.1, 0.15) is 24.4 Å². The number of ether oxygens (including phenoxy) is 3. The number of hydrogen-bond acceptors (Lipinski definition) is 8. The summed E-state index contributed by atoms with van der Waals surface area (Å²) in [5.74, 6) is 1.15. The second kappa shape index (κ2) is 10.2. The third-order valence-corrected chi connectivity index (χ3v) is 7.60. The molecule has 0 aliphatic heterocycles. The molecular weight excluding hydrogens is 562 g/mol. The van der Waals surface area contributed by atoms with Crippen LogP contribution in [0.2, 0.25) is 0 Å². The lowest BCUT2D eigenvalue weighted by atomic mass is 10.1. The van der Waals surface area contributed by atoms with E-state index in [1.165, 1.54) is 50.9 Å². The zero-order valence-electron chi connectivity index (χ0n) is 22.0. The minimum atomic E-state index is -4.49. The molecule has 0 spiro atoms. The van der Waals surface area contributed by atoms with Crippen LogP contribution in [0, 0.1) is 5.82 Å². The van der Waals surface area contributed by atoms with E-state index in [1.807, 2.05) is 4.57 Å². The van der Waals surface area contributed by atoms with Crippen molar-refractivity contribution in [3.05, 3.63) is 59.9 Å². The highest BCUT2D eigenvalue weighted by molar-refractivity contribution is 7.18. The quantitative estimate of drug-likeness (QED) is 0.189. The van der Waals surface area contributed by atoms with Crippen LogP contribution in [0.5, 0.6) is 17.2 Å². The van der Waals surface area contributed by atoms with Crippen LogP contribution < -0.4 is 19.5 Å². The van der Waals surface area contributed by atoms with Gasteiger partial charge < -0.3 is 24.1 Å². The van der Waals surface area contributed by atoms with Gasteiger partial charge in [-0.25, -0.2) is 9.37 Å². The van der Waals surface area contributed by atoms with E-state index in [4.69, 9.17) is 14.2 Å². The third-order valence-electron chi connectivity index (χ3n) is 6.72. The first kappa shape index (κ1) is 26.8. The normalized spacial score (nSPS) is 13.4. The molecule has 0 amide bonds. The predicted molar refractivity (Wildman–Crippen MR) is 147 cm³/mol. The van der Waals surface area contributed by atoms with Gasteiger partial charge in [0.1, 0.15) is 16.6 Å². The van der Waals surface area contributed by atoms with Gasteiger partial charge in [0.2, 0.25) is 10.9 Å².